The second kappa shape index (κ2) is 9.57. The molecule has 33 heavy (non-hydrogen) atoms. The van der Waals surface area contributed by atoms with E-state index >= 15 is 0 Å². The minimum Gasteiger partial charge on any atom is -0.497 e. The van der Waals surface area contributed by atoms with E-state index in [1.54, 1.807) is 28.1 Å². The molecule has 2 heterocycles. The van der Waals surface area contributed by atoms with Gasteiger partial charge in [0, 0.05) is 32.3 Å². The first kappa shape index (κ1) is 23.3. The lowest BCUT2D eigenvalue weighted by Gasteiger charge is -2.34. The number of aliphatic carboxylic acids is 1. The van der Waals surface area contributed by atoms with Crippen molar-refractivity contribution in [2.75, 3.05) is 33.9 Å². The molecule has 6 heteroatoms. The molecule has 1 fully saturated rings. The molecular weight excluding hydrogens is 418 g/mol. The average Bonchev–Trinajstić information content (AvgIpc) is 2.95. The van der Waals surface area contributed by atoms with Gasteiger partial charge in [-0.1, -0.05) is 17.7 Å². The Morgan fingerprint density at radius 3 is 2.52 bits per heavy atom. The molecule has 4 rings (SSSR count). The highest BCUT2D eigenvalue weighted by atomic mass is 16.5. The third-order valence-electron chi connectivity index (χ3n) is 6.60. The SMILES string of the molecule is COCc1ccc2c(c1)COc1ccc(OC)cc1C2=C1CCN(CC(C)(C)C(=O)O)CC1. The van der Waals surface area contributed by atoms with Gasteiger partial charge in [0.1, 0.15) is 18.1 Å². The molecule has 176 valence electrons. The Bertz CT molecular complexity index is 1060. The van der Waals surface area contributed by atoms with Crippen LogP contribution in [0.3, 0.4) is 0 Å². The molecule has 0 spiro atoms. The van der Waals surface area contributed by atoms with Crippen molar-refractivity contribution in [3.05, 3.63) is 64.2 Å². The Kier molecular flexibility index (Phi) is 6.77. The van der Waals surface area contributed by atoms with Gasteiger partial charge in [-0.05, 0) is 73.2 Å². The van der Waals surface area contributed by atoms with Crippen LogP contribution in [0.4, 0.5) is 0 Å². The molecule has 2 aromatic rings. The van der Waals surface area contributed by atoms with Crippen LogP contribution in [-0.2, 0) is 22.7 Å². The predicted molar refractivity (Wildman–Crippen MR) is 128 cm³/mol. The van der Waals surface area contributed by atoms with Crippen LogP contribution in [0.2, 0.25) is 0 Å². The van der Waals surface area contributed by atoms with Gasteiger partial charge >= 0.3 is 5.97 Å². The number of likely N-dealkylation sites (tertiary alicyclic amines) is 1. The summed E-state index contributed by atoms with van der Waals surface area (Å²) in [6, 6.07) is 12.5. The Morgan fingerprint density at radius 2 is 1.85 bits per heavy atom. The van der Waals surface area contributed by atoms with Gasteiger partial charge in [-0.2, -0.15) is 0 Å². The van der Waals surface area contributed by atoms with Gasteiger partial charge in [-0.3, -0.25) is 4.79 Å². The third kappa shape index (κ3) is 4.92. The van der Waals surface area contributed by atoms with Crippen LogP contribution >= 0.6 is 0 Å². The number of methoxy groups -OCH3 is 2. The largest absolute Gasteiger partial charge is 0.497 e. The summed E-state index contributed by atoms with van der Waals surface area (Å²) in [5, 5.41) is 9.52. The van der Waals surface area contributed by atoms with Crippen molar-refractivity contribution in [2.24, 2.45) is 5.41 Å². The Balaban J connectivity index is 1.73. The van der Waals surface area contributed by atoms with Crippen LogP contribution in [0.15, 0.2) is 42.0 Å². The lowest BCUT2D eigenvalue weighted by Crippen LogP contribution is -2.42. The first-order valence-electron chi connectivity index (χ1n) is 11.4. The molecule has 0 radical (unpaired) electrons. The molecule has 0 unspecified atom stereocenters. The van der Waals surface area contributed by atoms with Crippen LogP contribution in [0, 0.1) is 5.41 Å². The fourth-order valence-electron chi connectivity index (χ4n) is 4.76. The molecule has 0 bridgehead atoms. The van der Waals surface area contributed by atoms with Gasteiger partial charge in [0.05, 0.1) is 19.1 Å². The maximum Gasteiger partial charge on any atom is 0.310 e. The average molecular weight is 452 g/mol. The van der Waals surface area contributed by atoms with Crippen molar-refractivity contribution in [1.82, 2.24) is 4.90 Å². The maximum atomic E-state index is 11.6. The summed E-state index contributed by atoms with van der Waals surface area (Å²) in [6.45, 7) is 6.88. The number of hydrogen-bond acceptors (Lipinski definition) is 5. The summed E-state index contributed by atoms with van der Waals surface area (Å²) < 4.78 is 17.1. The number of carboxylic acid groups (broad SMARTS) is 1. The molecule has 2 aliphatic rings. The van der Waals surface area contributed by atoms with E-state index in [0.29, 0.717) is 19.8 Å². The van der Waals surface area contributed by atoms with Crippen molar-refractivity contribution < 1.29 is 24.1 Å². The highest BCUT2D eigenvalue weighted by Gasteiger charge is 2.32. The van der Waals surface area contributed by atoms with Crippen LogP contribution in [0.1, 0.15) is 48.9 Å². The zero-order chi connectivity index (χ0) is 23.6. The van der Waals surface area contributed by atoms with Gasteiger partial charge in [0.2, 0.25) is 0 Å². The van der Waals surface area contributed by atoms with Crippen molar-refractivity contribution in [3.8, 4) is 11.5 Å². The molecule has 0 atom stereocenters. The number of benzene rings is 2. The van der Waals surface area contributed by atoms with Gasteiger partial charge in [-0.15, -0.1) is 0 Å². The second-order valence-electron chi connectivity index (χ2n) is 9.52. The van der Waals surface area contributed by atoms with Crippen molar-refractivity contribution >= 4 is 11.5 Å². The quantitative estimate of drug-likeness (QED) is 0.684. The zero-order valence-electron chi connectivity index (χ0n) is 19.9. The number of piperidine rings is 1. The molecule has 1 N–H and O–H groups in total. The number of nitrogens with zero attached hydrogens (tertiary/aromatic N) is 1. The summed E-state index contributed by atoms with van der Waals surface area (Å²) in [4.78, 5) is 13.8. The lowest BCUT2D eigenvalue weighted by molar-refractivity contribution is -0.148. The second-order valence-corrected chi connectivity index (χ2v) is 9.52. The number of carboxylic acids is 1. The normalized spacial score (nSPS) is 16.5. The van der Waals surface area contributed by atoms with Gasteiger partial charge in [0.15, 0.2) is 0 Å². The molecule has 0 amide bonds. The molecule has 2 aliphatic heterocycles. The van der Waals surface area contributed by atoms with E-state index in [9.17, 15) is 9.90 Å². The standard InChI is InChI=1S/C27H33NO5/c1-27(2,26(29)30)17-28-11-9-19(10-12-28)25-22-7-5-18(15-31-3)13-20(22)16-33-24-8-6-21(32-4)14-23(24)25/h5-8,13-14H,9-12,15-17H2,1-4H3,(H,29,30). The van der Waals surface area contributed by atoms with Crippen LogP contribution < -0.4 is 9.47 Å². The van der Waals surface area contributed by atoms with Crippen molar-refractivity contribution in [1.29, 1.82) is 0 Å². The number of carbonyl (C=O) groups is 1. The summed E-state index contributed by atoms with van der Waals surface area (Å²) >= 11 is 0. The van der Waals surface area contributed by atoms with E-state index in [-0.39, 0.29) is 0 Å². The van der Waals surface area contributed by atoms with Crippen LogP contribution in [0.25, 0.3) is 5.57 Å². The zero-order valence-corrected chi connectivity index (χ0v) is 19.9. The maximum absolute atomic E-state index is 11.6. The van der Waals surface area contributed by atoms with E-state index in [0.717, 1.165) is 54.1 Å². The highest BCUT2D eigenvalue weighted by molar-refractivity contribution is 5.87. The highest BCUT2D eigenvalue weighted by Crippen LogP contribution is 2.42. The fourth-order valence-corrected chi connectivity index (χ4v) is 4.76. The summed E-state index contributed by atoms with van der Waals surface area (Å²) in [5.41, 5.74) is 6.36. The Labute approximate surface area is 195 Å². The monoisotopic (exact) mass is 451 g/mol. The predicted octanol–water partition coefficient (Wildman–Crippen LogP) is 4.74. The molecule has 0 saturated carbocycles. The lowest BCUT2D eigenvalue weighted by atomic mass is 9.85. The summed E-state index contributed by atoms with van der Waals surface area (Å²) in [7, 11) is 3.39. The number of rotatable bonds is 6. The molecule has 0 aromatic heterocycles. The minimum atomic E-state index is -0.759. The molecule has 1 saturated heterocycles. The summed E-state index contributed by atoms with van der Waals surface area (Å²) in [6.07, 6.45) is 1.78. The van der Waals surface area contributed by atoms with E-state index in [4.69, 9.17) is 14.2 Å². The number of fused-ring (bicyclic) bond motifs is 2. The minimum absolute atomic E-state index is 0.502. The number of hydrogen-bond donors (Lipinski definition) is 1. The van der Waals surface area contributed by atoms with E-state index < -0.39 is 11.4 Å². The fraction of sp³-hybridized carbons (Fsp3) is 0.444. The number of ether oxygens (including phenoxy) is 3. The van der Waals surface area contributed by atoms with Crippen molar-refractivity contribution in [3.63, 3.8) is 0 Å². The molecule has 6 nitrogen and oxygen atoms in total. The topological polar surface area (TPSA) is 68.2 Å². The van der Waals surface area contributed by atoms with Gasteiger partial charge in [-0.25, -0.2) is 0 Å². The molecule has 2 aromatic carbocycles. The first-order chi connectivity index (χ1) is 15.8. The molecule has 0 aliphatic carbocycles. The van der Waals surface area contributed by atoms with Crippen LogP contribution in [-0.4, -0.2) is 49.8 Å². The smallest absolute Gasteiger partial charge is 0.310 e. The first-order valence-corrected chi connectivity index (χ1v) is 11.4. The Hall–Kier alpha value is -2.83. The third-order valence-corrected chi connectivity index (χ3v) is 6.60. The van der Waals surface area contributed by atoms with Gasteiger partial charge in [0.25, 0.3) is 0 Å². The Morgan fingerprint density at radius 1 is 1.09 bits per heavy atom. The van der Waals surface area contributed by atoms with Crippen molar-refractivity contribution in [2.45, 2.75) is 39.9 Å². The van der Waals surface area contributed by atoms with E-state index in [1.807, 2.05) is 12.1 Å². The van der Waals surface area contributed by atoms with Gasteiger partial charge < -0.3 is 24.2 Å². The molecular formula is C27H33NO5. The van der Waals surface area contributed by atoms with E-state index in [2.05, 4.69) is 29.2 Å². The van der Waals surface area contributed by atoms with Crippen LogP contribution in [0.5, 0.6) is 11.5 Å². The summed E-state index contributed by atoms with van der Waals surface area (Å²) in [5.74, 6) is 0.905. The van der Waals surface area contributed by atoms with E-state index in [1.165, 1.54) is 16.7 Å².